The van der Waals surface area contributed by atoms with Crippen molar-refractivity contribution >= 4 is 18.1 Å². The van der Waals surface area contributed by atoms with Gasteiger partial charge in [-0.25, -0.2) is 4.79 Å². The van der Waals surface area contributed by atoms with Gasteiger partial charge in [-0.3, -0.25) is 0 Å². The quantitative estimate of drug-likeness (QED) is 0.852. The summed E-state index contributed by atoms with van der Waals surface area (Å²) in [6, 6.07) is 3.00. The number of aromatic carboxylic acids is 1. The third kappa shape index (κ3) is 2.23. The number of aromatic hydroxyl groups is 1. The van der Waals surface area contributed by atoms with E-state index in [-0.39, 0.29) is 11.5 Å². The maximum Gasteiger partial charge on any atom is 0.339 e. The molecule has 2 N–H and O–H groups in total. The van der Waals surface area contributed by atoms with Crippen molar-refractivity contribution in [3.8, 4) is 5.95 Å². The average Bonchev–Trinajstić information content (AvgIpc) is 2.82. The maximum absolute atomic E-state index is 10.8. The van der Waals surface area contributed by atoms with Gasteiger partial charge in [-0.1, -0.05) is 0 Å². The molecule has 0 amide bonds. The van der Waals surface area contributed by atoms with Gasteiger partial charge in [-0.05, 0) is 25.1 Å². The molecule has 0 fully saturated rings. The average molecular weight is 234 g/mol. The molecule has 0 atom stereocenters. The van der Waals surface area contributed by atoms with Crippen LogP contribution in [-0.4, -0.2) is 16.2 Å². The van der Waals surface area contributed by atoms with Crippen molar-refractivity contribution in [3.63, 3.8) is 0 Å². The van der Waals surface area contributed by atoms with Gasteiger partial charge < -0.3 is 19.0 Å². The highest BCUT2D eigenvalue weighted by atomic mass is 16.5. The van der Waals surface area contributed by atoms with Gasteiger partial charge in [0.2, 0.25) is 0 Å². The second-order valence-corrected chi connectivity index (χ2v) is 3.45. The molecule has 0 radical (unpaired) electrons. The van der Waals surface area contributed by atoms with Gasteiger partial charge in [0.15, 0.2) is 0 Å². The van der Waals surface area contributed by atoms with E-state index in [1.54, 1.807) is 25.1 Å². The molecule has 2 aromatic heterocycles. The van der Waals surface area contributed by atoms with E-state index in [9.17, 15) is 4.79 Å². The molecule has 2 rings (SSSR count). The Morgan fingerprint density at radius 3 is 2.65 bits per heavy atom. The van der Waals surface area contributed by atoms with E-state index in [1.165, 1.54) is 12.3 Å². The fourth-order valence-electron chi connectivity index (χ4n) is 1.40. The predicted molar refractivity (Wildman–Crippen MR) is 59.7 cm³/mol. The summed E-state index contributed by atoms with van der Waals surface area (Å²) >= 11 is 0. The Hall–Kier alpha value is -2.43. The van der Waals surface area contributed by atoms with Crippen LogP contribution in [-0.2, 0) is 0 Å². The maximum atomic E-state index is 10.8. The second-order valence-electron chi connectivity index (χ2n) is 3.45. The number of carboxylic acids is 1. The van der Waals surface area contributed by atoms with Gasteiger partial charge in [-0.15, -0.1) is 0 Å². The Bertz CT molecular complexity index is 573. The Morgan fingerprint density at radius 1 is 1.35 bits per heavy atom. The lowest BCUT2D eigenvalue weighted by molar-refractivity contribution is 0.0695. The fraction of sp³-hybridized carbons (Fsp3) is 0.0833. The van der Waals surface area contributed by atoms with E-state index in [0.29, 0.717) is 17.1 Å². The lowest BCUT2D eigenvalue weighted by Crippen LogP contribution is -1.95. The number of furan rings is 2. The molecule has 0 saturated carbocycles. The molecule has 17 heavy (non-hydrogen) atoms. The lowest BCUT2D eigenvalue weighted by Gasteiger charge is -1.90. The first kappa shape index (κ1) is 11.1. The largest absolute Gasteiger partial charge is 0.481 e. The highest BCUT2D eigenvalue weighted by Crippen LogP contribution is 2.20. The number of rotatable bonds is 3. The molecule has 2 aromatic rings. The van der Waals surface area contributed by atoms with E-state index in [2.05, 4.69) is 0 Å². The van der Waals surface area contributed by atoms with Crippen molar-refractivity contribution in [1.82, 2.24) is 0 Å². The molecule has 0 aromatic carbocycles. The van der Waals surface area contributed by atoms with Crippen LogP contribution in [0.25, 0.3) is 12.2 Å². The third-order valence-electron chi connectivity index (χ3n) is 2.32. The summed E-state index contributed by atoms with van der Waals surface area (Å²) in [5.41, 5.74) is 0.677. The molecule has 2 heterocycles. The molecule has 0 bridgehead atoms. The van der Waals surface area contributed by atoms with Gasteiger partial charge in [0.05, 0.1) is 0 Å². The topological polar surface area (TPSA) is 83.8 Å². The highest BCUT2D eigenvalue weighted by Gasteiger charge is 2.13. The Morgan fingerprint density at radius 2 is 2.12 bits per heavy atom. The van der Waals surface area contributed by atoms with E-state index >= 15 is 0 Å². The number of carboxylic acid groups (broad SMARTS) is 1. The number of hydrogen-bond donors (Lipinski definition) is 2. The molecule has 88 valence electrons. The first-order chi connectivity index (χ1) is 8.08. The van der Waals surface area contributed by atoms with Crippen LogP contribution in [0.15, 0.2) is 27.2 Å². The number of carbonyl (C=O) groups is 1. The van der Waals surface area contributed by atoms with Gasteiger partial charge in [0, 0.05) is 11.6 Å². The van der Waals surface area contributed by atoms with Crippen molar-refractivity contribution in [2.75, 3.05) is 0 Å². The zero-order valence-corrected chi connectivity index (χ0v) is 9.01. The minimum Gasteiger partial charge on any atom is -0.481 e. The Kier molecular flexibility index (Phi) is 2.74. The molecular formula is C12H10O5. The van der Waals surface area contributed by atoms with Crippen LogP contribution in [0.5, 0.6) is 5.95 Å². The van der Waals surface area contributed by atoms with Crippen molar-refractivity contribution < 1.29 is 23.8 Å². The first-order valence-corrected chi connectivity index (χ1v) is 4.86. The van der Waals surface area contributed by atoms with Crippen molar-refractivity contribution in [2.24, 2.45) is 0 Å². The molecule has 5 heteroatoms. The van der Waals surface area contributed by atoms with E-state index in [0.717, 1.165) is 0 Å². The summed E-state index contributed by atoms with van der Waals surface area (Å²) in [5.74, 6) is -0.304. The molecule has 0 aliphatic heterocycles. The van der Waals surface area contributed by atoms with Crippen LogP contribution in [0.4, 0.5) is 0 Å². The number of hydrogen-bond acceptors (Lipinski definition) is 4. The second kappa shape index (κ2) is 4.21. The normalized spacial score (nSPS) is 11.1. The van der Waals surface area contributed by atoms with Gasteiger partial charge in [-0.2, -0.15) is 0 Å². The Labute approximate surface area is 96.6 Å². The summed E-state index contributed by atoms with van der Waals surface area (Å²) in [6.45, 7) is 1.66. The molecular weight excluding hydrogens is 224 g/mol. The van der Waals surface area contributed by atoms with E-state index in [1.807, 2.05) is 0 Å². The molecule has 5 nitrogen and oxygen atoms in total. The monoisotopic (exact) mass is 234 g/mol. The Balaban J connectivity index is 2.25. The minimum atomic E-state index is -1.03. The molecule has 0 unspecified atom stereocenters. The zero-order chi connectivity index (χ0) is 12.4. The van der Waals surface area contributed by atoms with Gasteiger partial charge >= 0.3 is 5.97 Å². The summed E-state index contributed by atoms with van der Waals surface area (Å²) in [7, 11) is 0. The van der Waals surface area contributed by atoms with E-state index < -0.39 is 5.97 Å². The van der Waals surface area contributed by atoms with Crippen LogP contribution in [0.2, 0.25) is 0 Å². The van der Waals surface area contributed by atoms with Crippen LogP contribution in [0, 0.1) is 6.92 Å². The minimum absolute atomic E-state index is 0.131. The molecule has 0 aliphatic rings. The van der Waals surface area contributed by atoms with Crippen molar-refractivity contribution in [1.29, 1.82) is 0 Å². The van der Waals surface area contributed by atoms with Gasteiger partial charge in [0.25, 0.3) is 5.95 Å². The van der Waals surface area contributed by atoms with Crippen LogP contribution in [0.1, 0.15) is 27.4 Å². The highest BCUT2D eigenvalue weighted by molar-refractivity contribution is 5.90. The SMILES string of the molecule is Cc1c(C(=O)O)coc1/C=C/c1ccc(O)o1. The summed E-state index contributed by atoms with van der Waals surface area (Å²) in [5, 5.41) is 17.8. The first-order valence-electron chi connectivity index (χ1n) is 4.86. The summed E-state index contributed by atoms with van der Waals surface area (Å²) < 4.78 is 10.0. The van der Waals surface area contributed by atoms with Crippen LogP contribution in [0.3, 0.4) is 0 Å². The summed E-state index contributed by atoms with van der Waals surface area (Å²) in [6.07, 6.45) is 4.36. The smallest absolute Gasteiger partial charge is 0.339 e. The molecule has 0 spiro atoms. The fourth-order valence-corrected chi connectivity index (χ4v) is 1.40. The third-order valence-corrected chi connectivity index (χ3v) is 2.32. The van der Waals surface area contributed by atoms with Crippen molar-refractivity contribution in [2.45, 2.75) is 6.92 Å². The lowest BCUT2D eigenvalue weighted by atomic mass is 10.1. The molecule has 0 saturated heterocycles. The van der Waals surface area contributed by atoms with Crippen molar-refractivity contribution in [3.05, 3.63) is 41.0 Å². The van der Waals surface area contributed by atoms with Gasteiger partial charge in [0.1, 0.15) is 23.3 Å². The molecule has 0 aliphatic carbocycles. The standard InChI is InChI=1S/C12H10O5/c1-7-9(12(14)15)6-16-10(7)4-2-8-3-5-11(13)17-8/h2-6,13H,1H3,(H,14,15)/b4-2+. The van der Waals surface area contributed by atoms with Crippen LogP contribution >= 0.6 is 0 Å². The summed E-state index contributed by atoms with van der Waals surface area (Å²) in [4.78, 5) is 10.8. The zero-order valence-electron chi connectivity index (χ0n) is 9.01. The predicted octanol–water partition coefficient (Wildman–Crippen LogP) is 2.76. The van der Waals surface area contributed by atoms with Crippen LogP contribution < -0.4 is 0 Å². The van der Waals surface area contributed by atoms with E-state index in [4.69, 9.17) is 19.0 Å².